The summed E-state index contributed by atoms with van der Waals surface area (Å²) >= 11 is 3.11. The second-order valence-corrected chi connectivity index (χ2v) is 7.69. The van der Waals surface area contributed by atoms with Crippen LogP contribution in [0.15, 0.2) is 60.7 Å². The van der Waals surface area contributed by atoms with Crippen LogP contribution >= 0.6 is 23.1 Å². The van der Waals surface area contributed by atoms with E-state index in [1.165, 1.54) is 0 Å². The summed E-state index contributed by atoms with van der Waals surface area (Å²) in [5.41, 5.74) is 8.96. The maximum Gasteiger partial charge on any atom is 0.396 e. The van der Waals surface area contributed by atoms with Gasteiger partial charge in [0, 0.05) is 10.6 Å². The van der Waals surface area contributed by atoms with Gasteiger partial charge in [-0.15, -0.1) is 0 Å². The van der Waals surface area contributed by atoms with Crippen LogP contribution in [-0.4, -0.2) is 9.15 Å². The maximum atomic E-state index is 13.2. The van der Waals surface area contributed by atoms with E-state index < -0.39 is 7.14 Å². The minimum absolute atomic E-state index is 0.0485. The van der Waals surface area contributed by atoms with Crippen LogP contribution in [0.4, 0.5) is 0 Å². The summed E-state index contributed by atoms with van der Waals surface area (Å²) < 4.78 is 13.3. The summed E-state index contributed by atoms with van der Waals surface area (Å²) in [4.78, 5) is 3.08. The maximum absolute atomic E-state index is 13.2. The van der Waals surface area contributed by atoms with Gasteiger partial charge in [0.2, 0.25) is 0 Å². The van der Waals surface area contributed by atoms with Gasteiger partial charge in [-0.2, -0.15) is 4.79 Å². The molecule has 0 aliphatic rings. The molecule has 0 heterocycles. The van der Waals surface area contributed by atoms with Crippen molar-refractivity contribution in [2.75, 3.05) is 0 Å². The molecule has 0 radical (unpaired) electrons. The molecule has 2 aromatic carbocycles. The highest BCUT2D eigenvalue weighted by molar-refractivity contribution is 9.21. The van der Waals surface area contributed by atoms with Crippen molar-refractivity contribution in [3.63, 3.8) is 0 Å². The Hall–Kier alpha value is -1.47. The highest BCUT2D eigenvalue weighted by atomic mass is 79.9. The number of nitrogens with zero attached hydrogens (tertiary/aromatic N) is 2. The van der Waals surface area contributed by atoms with Crippen LogP contribution in [0.2, 0.25) is 0 Å². The standard InChI is InChI=1S/C13H10BrN2OP/c14-13(16-15)18(17,11-7-3-1-4-8-11)12-9-5-2-6-10-12/h1-10H. The molecule has 3 nitrogen and oxygen atoms in total. The van der Waals surface area contributed by atoms with E-state index in [9.17, 15) is 4.57 Å². The van der Waals surface area contributed by atoms with E-state index in [2.05, 4.69) is 20.7 Å². The summed E-state index contributed by atoms with van der Waals surface area (Å²) in [7, 11) is -3.10. The van der Waals surface area contributed by atoms with Crippen molar-refractivity contribution < 1.29 is 9.35 Å². The molecular formula is C13H10BrN2OP. The molecule has 0 saturated carbocycles. The molecule has 0 N–H and O–H groups in total. The molecule has 0 bridgehead atoms. The Morgan fingerprint density at radius 1 is 0.944 bits per heavy atom. The van der Waals surface area contributed by atoms with Gasteiger partial charge in [-0.25, -0.2) is 0 Å². The molecular weight excluding hydrogens is 311 g/mol. The van der Waals surface area contributed by atoms with E-state index >= 15 is 0 Å². The Kier molecular flexibility index (Phi) is 3.93. The Morgan fingerprint density at radius 3 is 1.67 bits per heavy atom. The number of rotatable bonds is 3. The molecule has 0 saturated heterocycles. The van der Waals surface area contributed by atoms with E-state index in [0.717, 1.165) is 0 Å². The molecule has 2 aromatic rings. The van der Waals surface area contributed by atoms with E-state index in [0.29, 0.717) is 10.6 Å². The molecule has 2 rings (SSSR count). The fourth-order valence-electron chi connectivity index (χ4n) is 1.70. The highest BCUT2D eigenvalue weighted by Crippen LogP contribution is 2.46. The van der Waals surface area contributed by atoms with E-state index in [-0.39, 0.29) is 4.36 Å². The third kappa shape index (κ3) is 2.23. The van der Waals surface area contributed by atoms with Gasteiger partial charge in [-0.05, 0) is 0 Å². The van der Waals surface area contributed by atoms with Crippen LogP contribution in [0.5, 0.6) is 0 Å². The molecule has 0 fully saturated rings. The van der Waals surface area contributed by atoms with Gasteiger partial charge >= 0.3 is 4.36 Å². The summed E-state index contributed by atoms with van der Waals surface area (Å²) in [6.07, 6.45) is 0. The topological polar surface area (TPSA) is 53.5 Å². The second kappa shape index (κ2) is 5.45. The van der Waals surface area contributed by atoms with Gasteiger partial charge in [0.05, 0.1) is 15.9 Å². The van der Waals surface area contributed by atoms with E-state index in [1.807, 2.05) is 36.4 Å². The van der Waals surface area contributed by atoms with Gasteiger partial charge in [0.15, 0.2) is 0 Å². The van der Waals surface area contributed by atoms with Crippen molar-refractivity contribution in [3.8, 4) is 0 Å². The van der Waals surface area contributed by atoms with Crippen LogP contribution in [-0.2, 0) is 4.57 Å². The van der Waals surface area contributed by atoms with Crippen LogP contribution in [0, 0.1) is 0 Å². The van der Waals surface area contributed by atoms with E-state index in [1.54, 1.807) is 24.3 Å². The lowest BCUT2D eigenvalue weighted by molar-refractivity contribution is 0.00528. The third-order valence-corrected chi connectivity index (χ3v) is 6.90. The van der Waals surface area contributed by atoms with Crippen molar-refractivity contribution in [3.05, 3.63) is 66.2 Å². The largest absolute Gasteiger partial charge is 0.396 e. The van der Waals surface area contributed by atoms with Crippen molar-refractivity contribution in [2.45, 2.75) is 0 Å². The molecule has 0 amide bonds. The summed E-state index contributed by atoms with van der Waals surface area (Å²) in [6.45, 7) is 0. The lowest BCUT2D eigenvalue weighted by Gasteiger charge is -2.12. The quantitative estimate of drug-likeness (QED) is 0.371. The first kappa shape index (κ1) is 13.0. The molecule has 18 heavy (non-hydrogen) atoms. The fourth-order valence-corrected chi connectivity index (χ4v) is 4.96. The smallest absolute Gasteiger partial charge is 0.360 e. The average Bonchev–Trinajstić information content (AvgIpc) is 2.47. The molecule has 90 valence electrons. The number of halogens is 1. The predicted octanol–water partition coefficient (Wildman–Crippen LogP) is 2.98. The van der Waals surface area contributed by atoms with Crippen LogP contribution in [0.25, 0.3) is 5.53 Å². The summed E-state index contributed by atoms with van der Waals surface area (Å²) in [5, 5.41) is 1.25. The number of hydrogen-bond acceptors (Lipinski definition) is 1. The predicted molar refractivity (Wildman–Crippen MR) is 77.3 cm³/mol. The Labute approximate surface area is 114 Å². The molecule has 0 spiro atoms. The van der Waals surface area contributed by atoms with Gasteiger partial charge in [-0.1, -0.05) is 60.7 Å². The van der Waals surface area contributed by atoms with Gasteiger partial charge in [0.25, 0.3) is 7.14 Å². The molecule has 5 heteroatoms. The first-order valence-electron chi connectivity index (χ1n) is 5.29. The fraction of sp³-hybridized carbons (Fsp3) is 0. The molecule has 0 aliphatic carbocycles. The highest BCUT2D eigenvalue weighted by Gasteiger charge is 2.38. The zero-order valence-corrected chi connectivity index (χ0v) is 11.9. The van der Waals surface area contributed by atoms with Crippen LogP contribution in [0.1, 0.15) is 0 Å². The van der Waals surface area contributed by atoms with Crippen molar-refractivity contribution in [2.24, 2.45) is 0 Å². The minimum Gasteiger partial charge on any atom is -0.360 e. The van der Waals surface area contributed by atoms with Crippen molar-refractivity contribution in [1.82, 2.24) is 0 Å². The monoisotopic (exact) mass is 320 g/mol. The SMILES string of the molecule is [N-]=[N+]=C(Br)P(=O)(c1ccccc1)c1ccccc1. The third-order valence-electron chi connectivity index (χ3n) is 2.58. The molecule has 0 unspecified atom stereocenters. The lowest BCUT2D eigenvalue weighted by atomic mass is 10.4. The normalized spacial score (nSPS) is 10.7. The second-order valence-electron chi connectivity index (χ2n) is 3.65. The van der Waals surface area contributed by atoms with Gasteiger partial charge in [-0.3, -0.25) is 0 Å². The van der Waals surface area contributed by atoms with Gasteiger partial charge < -0.3 is 10.1 Å². The van der Waals surface area contributed by atoms with E-state index in [4.69, 9.17) is 5.53 Å². The van der Waals surface area contributed by atoms with Gasteiger partial charge in [0.1, 0.15) is 0 Å². The zero-order valence-electron chi connectivity index (χ0n) is 9.40. The molecule has 0 aromatic heterocycles. The molecule has 0 aliphatic heterocycles. The minimum atomic E-state index is -3.10. The van der Waals surface area contributed by atoms with Crippen molar-refractivity contribution >= 4 is 38.0 Å². The Morgan fingerprint density at radius 2 is 1.33 bits per heavy atom. The average molecular weight is 321 g/mol. The molecule has 0 atom stereocenters. The summed E-state index contributed by atoms with van der Waals surface area (Å²) in [6, 6.07) is 18.0. The Balaban J connectivity index is 2.71. The summed E-state index contributed by atoms with van der Waals surface area (Å²) in [5.74, 6) is 0. The first-order chi connectivity index (χ1) is 8.69. The van der Waals surface area contributed by atoms with Crippen LogP contribution < -0.4 is 10.6 Å². The zero-order chi connectivity index (χ0) is 13.0. The Bertz CT molecular complexity index is 593. The van der Waals surface area contributed by atoms with Crippen LogP contribution in [0.3, 0.4) is 0 Å². The van der Waals surface area contributed by atoms with Crippen molar-refractivity contribution in [1.29, 1.82) is 0 Å². The number of hydrogen-bond donors (Lipinski definition) is 0. The first-order valence-corrected chi connectivity index (χ1v) is 7.79. The lowest BCUT2D eigenvalue weighted by Crippen LogP contribution is -2.20. The number of benzene rings is 2.